The summed E-state index contributed by atoms with van der Waals surface area (Å²) in [5.74, 6) is -0.772. The van der Waals surface area contributed by atoms with Gasteiger partial charge < -0.3 is 16.8 Å². The number of primary amides is 1. The van der Waals surface area contributed by atoms with Crippen molar-refractivity contribution in [2.24, 2.45) is 11.5 Å². The first-order chi connectivity index (χ1) is 4.04. The fourth-order valence-corrected chi connectivity index (χ4v) is 0.304. The summed E-state index contributed by atoms with van der Waals surface area (Å²) in [4.78, 5) is 10.2. The Kier molecular flexibility index (Phi) is 2.50. The molecular weight excluding hydrogens is 120 g/mol. The maximum Gasteiger partial charge on any atom is 0.239 e. The first kappa shape index (κ1) is 7.74. The number of nitrogens with two attached hydrogens (primary N) is 2. The quantitative estimate of drug-likeness (QED) is 0.265. The molecule has 5 heteroatoms. The van der Waals surface area contributed by atoms with Gasteiger partial charge in [-0.05, 0) is 6.92 Å². The van der Waals surface area contributed by atoms with Gasteiger partial charge in [-0.15, -0.1) is 0 Å². The second-order valence-corrected chi connectivity index (χ2v) is 1.68. The van der Waals surface area contributed by atoms with E-state index in [1.165, 1.54) is 6.92 Å². The van der Waals surface area contributed by atoms with Crippen molar-refractivity contribution in [2.75, 3.05) is 0 Å². The molecule has 0 aromatic rings. The van der Waals surface area contributed by atoms with E-state index >= 15 is 0 Å². The van der Waals surface area contributed by atoms with E-state index in [0.717, 1.165) is 0 Å². The third-order valence-corrected chi connectivity index (χ3v) is 0.799. The minimum atomic E-state index is -0.567. The van der Waals surface area contributed by atoms with E-state index in [9.17, 15) is 4.79 Å². The first-order valence-electron chi connectivity index (χ1n) is 2.44. The van der Waals surface area contributed by atoms with Gasteiger partial charge in [-0.2, -0.15) is 0 Å². The smallest absolute Gasteiger partial charge is 0.239 e. The molecule has 0 saturated heterocycles. The van der Waals surface area contributed by atoms with Crippen LogP contribution in [0, 0.1) is 5.41 Å². The zero-order valence-electron chi connectivity index (χ0n) is 5.14. The molecule has 6 N–H and O–H groups in total. The van der Waals surface area contributed by atoms with Gasteiger partial charge in [0.15, 0.2) is 5.96 Å². The van der Waals surface area contributed by atoms with Gasteiger partial charge in [0.05, 0.1) is 0 Å². The molecule has 1 unspecified atom stereocenters. The highest BCUT2D eigenvalue weighted by Crippen LogP contribution is 1.74. The Morgan fingerprint density at radius 3 is 2.22 bits per heavy atom. The number of nitrogens with one attached hydrogen (secondary N) is 2. The van der Waals surface area contributed by atoms with Gasteiger partial charge in [-0.3, -0.25) is 10.2 Å². The molecule has 0 aromatic carbocycles. The molecular formula is C4H10N4O. The topological polar surface area (TPSA) is 105 Å². The fourth-order valence-electron chi connectivity index (χ4n) is 0.304. The number of amides is 1. The second-order valence-electron chi connectivity index (χ2n) is 1.68. The molecule has 5 nitrogen and oxygen atoms in total. The number of carbonyl (C=O) groups excluding carboxylic acids is 1. The second kappa shape index (κ2) is 2.91. The average molecular weight is 130 g/mol. The predicted octanol–water partition coefficient (Wildman–Crippen LogP) is -1.66. The maximum atomic E-state index is 10.2. The highest BCUT2D eigenvalue weighted by molar-refractivity contribution is 5.85. The summed E-state index contributed by atoms with van der Waals surface area (Å²) in [7, 11) is 0. The third kappa shape index (κ3) is 3.33. The van der Waals surface area contributed by atoms with Gasteiger partial charge in [0.2, 0.25) is 5.91 Å². The van der Waals surface area contributed by atoms with Crippen molar-refractivity contribution in [1.29, 1.82) is 5.41 Å². The molecule has 0 saturated carbocycles. The summed E-state index contributed by atoms with van der Waals surface area (Å²) in [6.07, 6.45) is 0. The van der Waals surface area contributed by atoms with Crippen LogP contribution in [0.2, 0.25) is 0 Å². The van der Waals surface area contributed by atoms with Crippen molar-refractivity contribution in [1.82, 2.24) is 5.32 Å². The molecule has 0 spiro atoms. The number of rotatable bonds is 2. The molecule has 0 aliphatic rings. The van der Waals surface area contributed by atoms with E-state index in [1.807, 2.05) is 0 Å². The summed E-state index contributed by atoms with van der Waals surface area (Å²) in [5, 5.41) is 9.01. The minimum Gasteiger partial charge on any atom is -0.370 e. The fraction of sp³-hybridized carbons (Fsp3) is 0.500. The molecule has 52 valence electrons. The van der Waals surface area contributed by atoms with E-state index in [2.05, 4.69) is 5.32 Å². The number of hydrogen-bond acceptors (Lipinski definition) is 2. The molecule has 0 fully saturated rings. The van der Waals surface area contributed by atoms with Crippen LogP contribution in [0.15, 0.2) is 0 Å². The Labute approximate surface area is 52.9 Å². The van der Waals surface area contributed by atoms with Crippen molar-refractivity contribution in [3.05, 3.63) is 0 Å². The average Bonchev–Trinajstić information content (AvgIpc) is 1.63. The van der Waals surface area contributed by atoms with Crippen molar-refractivity contribution < 1.29 is 4.79 Å². The molecule has 9 heavy (non-hydrogen) atoms. The van der Waals surface area contributed by atoms with E-state index in [1.54, 1.807) is 0 Å². The normalized spacial score (nSPS) is 12.1. The Balaban J connectivity index is 3.63. The summed E-state index contributed by atoms with van der Waals surface area (Å²) >= 11 is 0. The Morgan fingerprint density at radius 2 is 2.11 bits per heavy atom. The SMILES string of the molecule is CC(NC(=N)N)C(N)=O. The van der Waals surface area contributed by atoms with Gasteiger partial charge >= 0.3 is 0 Å². The van der Waals surface area contributed by atoms with Crippen molar-refractivity contribution in [3.63, 3.8) is 0 Å². The van der Waals surface area contributed by atoms with Crippen LogP contribution in [-0.2, 0) is 4.79 Å². The highest BCUT2D eigenvalue weighted by atomic mass is 16.1. The molecule has 0 rings (SSSR count). The Morgan fingerprint density at radius 1 is 1.67 bits per heavy atom. The number of carbonyl (C=O) groups is 1. The van der Waals surface area contributed by atoms with E-state index < -0.39 is 11.9 Å². The van der Waals surface area contributed by atoms with Crippen molar-refractivity contribution >= 4 is 11.9 Å². The van der Waals surface area contributed by atoms with Crippen LogP contribution in [0.3, 0.4) is 0 Å². The van der Waals surface area contributed by atoms with Crippen LogP contribution >= 0.6 is 0 Å². The van der Waals surface area contributed by atoms with Crippen LogP contribution < -0.4 is 16.8 Å². The molecule has 1 atom stereocenters. The van der Waals surface area contributed by atoms with Crippen LogP contribution in [0.1, 0.15) is 6.92 Å². The minimum absolute atomic E-state index is 0.249. The van der Waals surface area contributed by atoms with Gasteiger partial charge in [-0.25, -0.2) is 0 Å². The van der Waals surface area contributed by atoms with Crippen molar-refractivity contribution in [2.45, 2.75) is 13.0 Å². The molecule has 1 amide bonds. The lowest BCUT2D eigenvalue weighted by molar-refractivity contribution is -0.119. The summed E-state index contributed by atoms with van der Waals surface area (Å²) < 4.78 is 0. The first-order valence-corrected chi connectivity index (χ1v) is 2.44. The molecule has 0 radical (unpaired) electrons. The van der Waals surface area contributed by atoms with Gasteiger partial charge in [-0.1, -0.05) is 0 Å². The van der Waals surface area contributed by atoms with E-state index in [4.69, 9.17) is 16.9 Å². The standard InChI is InChI=1S/C4H10N4O/c1-2(3(5)9)8-4(6)7/h2H,1H3,(H2,5,9)(H4,6,7,8). The van der Waals surface area contributed by atoms with E-state index in [-0.39, 0.29) is 5.96 Å². The summed E-state index contributed by atoms with van der Waals surface area (Å²) in [5.41, 5.74) is 9.73. The van der Waals surface area contributed by atoms with Crippen LogP contribution in [0.5, 0.6) is 0 Å². The molecule has 0 aliphatic heterocycles. The lowest BCUT2D eigenvalue weighted by Gasteiger charge is -2.07. The zero-order valence-corrected chi connectivity index (χ0v) is 5.14. The number of guanidine groups is 1. The summed E-state index contributed by atoms with van der Waals surface area (Å²) in [6.45, 7) is 1.53. The van der Waals surface area contributed by atoms with Gasteiger partial charge in [0.1, 0.15) is 6.04 Å². The largest absolute Gasteiger partial charge is 0.370 e. The number of hydrogen-bond donors (Lipinski definition) is 4. The molecule has 0 aliphatic carbocycles. The third-order valence-electron chi connectivity index (χ3n) is 0.799. The molecule has 0 bridgehead atoms. The van der Waals surface area contributed by atoms with Gasteiger partial charge in [0, 0.05) is 0 Å². The maximum absolute atomic E-state index is 10.2. The van der Waals surface area contributed by atoms with Crippen LogP contribution in [0.25, 0.3) is 0 Å². The molecule has 0 aromatic heterocycles. The lowest BCUT2D eigenvalue weighted by Crippen LogP contribution is -2.44. The predicted molar refractivity (Wildman–Crippen MR) is 33.7 cm³/mol. The van der Waals surface area contributed by atoms with Crippen LogP contribution in [-0.4, -0.2) is 17.9 Å². The monoisotopic (exact) mass is 130 g/mol. The molecule has 0 heterocycles. The zero-order chi connectivity index (χ0) is 7.44. The van der Waals surface area contributed by atoms with Gasteiger partial charge in [0.25, 0.3) is 0 Å². The van der Waals surface area contributed by atoms with Crippen molar-refractivity contribution in [3.8, 4) is 0 Å². The highest BCUT2D eigenvalue weighted by Gasteiger charge is 2.06. The van der Waals surface area contributed by atoms with Crippen LogP contribution in [0.4, 0.5) is 0 Å². The Hall–Kier alpha value is -1.26. The lowest BCUT2D eigenvalue weighted by atomic mass is 10.3. The summed E-state index contributed by atoms with van der Waals surface area (Å²) in [6, 6.07) is -0.567. The Bertz CT molecular complexity index is 133. The van der Waals surface area contributed by atoms with E-state index in [0.29, 0.717) is 0 Å².